The number of carbonyl (C=O) groups is 1. The number of thiophene rings is 1. The van der Waals surface area contributed by atoms with E-state index in [1.807, 2.05) is 44.4 Å². The average molecular weight is 422 g/mol. The van der Waals surface area contributed by atoms with Crippen LogP contribution in [0, 0.1) is 13.8 Å². The zero-order valence-electron chi connectivity index (χ0n) is 16.5. The topological polar surface area (TPSA) is 69.7 Å². The Balaban J connectivity index is 1.54. The van der Waals surface area contributed by atoms with Crippen molar-refractivity contribution >= 4 is 27.3 Å². The van der Waals surface area contributed by atoms with Crippen LogP contribution in [0.1, 0.15) is 29.0 Å². The van der Waals surface area contributed by atoms with Crippen LogP contribution < -0.4 is 5.32 Å². The van der Waals surface area contributed by atoms with Crippen LogP contribution in [0.4, 0.5) is 0 Å². The minimum atomic E-state index is -3.52. The lowest BCUT2D eigenvalue weighted by Gasteiger charge is -2.34. The van der Waals surface area contributed by atoms with Gasteiger partial charge in [-0.3, -0.25) is 4.79 Å². The molecule has 1 aromatic carbocycles. The molecule has 0 saturated carbocycles. The van der Waals surface area contributed by atoms with E-state index in [2.05, 4.69) is 5.32 Å². The van der Waals surface area contributed by atoms with E-state index in [9.17, 15) is 13.2 Å². The minimum Gasteiger partial charge on any atom is -0.339 e. The smallest absolute Gasteiger partial charge is 0.243 e. The summed E-state index contributed by atoms with van der Waals surface area (Å²) in [7, 11) is -3.52. The molecule has 1 N–H and O–H groups in total. The quantitative estimate of drug-likeness (QED) is 0.778. The van der Waals surface area contributed by atoms with Crippen molar-refractivity contribution in [1.29, 1.82) is 0 Å². The molecule has 1 unspecified atom stereocenters. The third-order valence-corrected chi connectivity index (χ3v) is 8.19. The first-order valence-electron chi connectivity index (χ1n) is 9.41. The van der Waals surface area contributed by atoms with Crippen LogP contribution in [0.25, 0.3) is 0 Å². The normalized spacial score (nSPS) is 16.9. The highest BCUT2D eigenvalue weighted by atomic mass is 32.2. The molecule has 0 bridgehead atoms. The first kappa shape index (κ1) is 21.0. The Labute approximate surface area is 171 Å². The van der Waals surface area contributed by atoms with Crippen molar-refractivity contribution in [2.24, 2.45) is 0 Å². The predicted octanol–water partition coefficient (Wildman–Crippen LogP) is 2.55. The molecular weight excluding hydrogens is 394 g/mol. The molecule has 8 heteroatoms. The van der Waals surface area contributed by atoms with Crippen LogP contribution >= 0.6 is 11.3 Å². The van der Waals surface area contributed by atoms with Crippen LogP contribution in [0.5, 0.6) is 0 Å². The Kier molecular flexibility index (Phi) is 6.54. The molecule has 1 saturated heterocycles. The maximum Gasteiger partial charge on any atom is 0.243 e. The number of nitrogens with one attached hydrogen (secondary N) is 1. The molecule has 0 aliphatic carbocycles. The second-order valence-electron chi connectivity index (χ2n) is 7.15. The number of rotatable bonds is 6. The van der Waals surface area contributed by atoms with E-state index >= 15 is 0 Å². The fourth-order valence-corrected chi connectivity index (χ4v) is 5.46. The van der Waals surface area contributed by atoms with Crippen LogP contribution in [-0.4, -0.2) is 56.3 Å². The molecular formula is C20H27N3O3S2. The van der Waals surface area contributed by atoms with Crippen molar-refractivity contribution < 1.29 is 13.2 Å². The summed E-state index contributed by atoms with van der Waals surface area (Å²) in [4.78, 5) is 15.7. The average Bonchev–Trinajstić information content (AvgIpc) is 3.23. The van der Waals surface area contributed by atoms with Gasteiger partial charge in [0.05, 0.1) is 11.4 Å². The number of aryl methyl sites for hydroxylation is 2. The maximum absolute atomic E-state index is 12.9. The van der Waals surface area contributed by atoms with Crippen LogP contribution in [-0.2, 0) is 14.8 Å². The molecule has 2 heterocycles. The molecule has 1 aromatic heterocycles. The Morgan fingerprint density at radius 3 is 2.46 bits per heavy atom. The Bertz CT molecular complexity index is 918. The monoisotopic (exact) mass is 421 g/mol. The summed E-state index contributed by atoms with van der Waals surface area (Å²) in [5.74, 6) is 0.00614. The minimum absolute atomic E-state index is 0.00614. The van der Waals surface area contributed by atoms with Crippen molar-refractivity contribution in [1.82, 2.24) is 14.5 Å². The van der Waals surface area contributed by atoms with Gasteiger partial charge in [-0.25, -0.2) is 8.42 Å². The van der Waals surface area contributed by atoms with Gasteiger partial charge < -0.3 is 10.2 Å². The molecule has 1 aliphatic heterocycles. The van der Waals surface area contributed by atoms with Crippen LogP contribution in [0.2, 0.25) is 0 Å². The summed E-state index contributed by atoms with van der Waals surface area (Å²) in [5.41, 5.74) is 2.03. The molecule has 0 radical (unpaired) electrons. The molecule has 0 spiro atoms. The Morgan fingerprint density at radius 2 is 1.86 bits per heavy atom. The molecule has 1 aliphatic rings. The maximum atomic E-state index is 12.9. The molecule has 1 amide bonds. The summed E-state index contributed by atoms with van der Waals surface area (Å²) in [6, 6.07) is 9.37. The van der Waals surface area contributed by atoms with Crippen molar-refractivity contribution in [3.05, 3.63) is 51.7 Å². The van der Waals surface area contributed by atoms with Gasteiger partial charge in [-0.2, -0.15) is 4.31 Å². The van der Waals surface area contributed by atoms with E-state index in [0.29, 0.717) is 31.1 Å². The van der Waals surface area contributed by atoms with Gasteiger partial charge in [-0.15, -0.1) is 11.3 Å². The predicted molar refractivity (Wildman–Crippen MR) is 112 cm³/mol. The molecule has 6 nitrogen and oxygen atoms in total. The fourth-order valence-electron chi connectivity index (χ4n) is 3.19. The Morgan fingerprint density at radius 1 is 1.14 bits per heavy atom. The van der Waals surface area contributed by atoms with Crippen molar-refractivity contribution in [3.63, 3.8) is 0 Å². The van der Waals surface area contributed by atoms with E-state index < -0.39 is 10.0 Å². The highest BCUT2D eigenvalue weighted by Crippen LogP contribution is 2.21. The lowest BCUT2D eigenvalue weighted by Crippen LogP contribution is -2.52. The van der Waals surface area contributed by atoms with Gasteiger partial charge >= 0.3 is 0 Å². The number of carbonyl (C=O) groups excluding carboxylic acids is 1. The second-order valence-corrected chi connectivity index (χ2v) is 10.1. The summed E-state index contributed by atoms with van der Waals surface area (Å²) < 4.78 is 27.2. The van der Waals surface area contributed by atoms with Crippen LogP contribution in [0.15, 0.2) is 40.6 Å². The van der Waals surface area contributed by atoms with Gasteiger partial charge in [-0.1, -0.05) is 12.1 Å². The largest absolute Gasteiger partial charge is 0.339 e. The van der Waals surface area contributed by atoms with Gasteiger partial charge in [-0.05, 0) is 55.5 Å². The van der Waals surface area contributed by atoms with Crippen molar-refractivity contribution in [2.45, 2.75) is 31.7 Å². The zero-order valence-corrected chi connectivity index (χ0v) is 18.1. The zero-order chi connectivity index (χ0) is 20.3. The Hall–Kier alpha value is -1.74. The van der Waals surface area contributed by atoms with Gasteiger partial charge in [0.1, 0.15) is 0 Å². The first-order valence-corrected chi connectivity index (χ1v) is 11.7. The van der Waals surface area contributed by atoms with Gasteiger partial charge in [0.2, 0.25) is 15.9 Å². The van der Waals surface area contributed by atoms with E-state index in [4.69, 9.17) is 0 Å². The number of benzene rings is 1. The number of amides is 1. The number of piperazine rings is 1. The fraction of sp³-hybridized carbons (Fsp3) is 0.450. The van der Waals surface area contributed by atoms with E-state index in [1.54, 1.807) is 28.4 Å². The van der Waals surface area contributed by atoms with Gasteiger partial charge in [0.15, 0.2) is 0 Å². The molecule has 1 atom stereocenters. The van der Waals surface area contributed by atoms with E-state index in [1.165, 1.54) is 9.18 Å². The van der Waals surface area contributed by atoms with Crippen molar-refractivity contribution in [2.75, 3.05) is 32.7 Å². The van der Waals surface area contributed by atoms with Crippen molar-refractivity contribution in [3.8, 4) is 0 Å². The van der Waals surface area contributed by atoms with Crippen LogP contribution in [0.3, 0.4) is 0 Å². The van der Waals surface area contributed by atoms with Gasteiger partial charge in [0, 0.05) is 37.1 Å². The third-order valence-electron chi connectivity index (χ3n) is 5.24. The van der Waals surface area contributed by atoms with E-state index in [0.717, 1.165) is 11.1 Å². The number of sulfonamides is 1. The molecule has 2 aromatic rings. The lowest BCUT2D eigenvalue weighted by molar-refractivity contribution is -0.131. The summed E-state index contributed by atoms with van der Waals surface area (Å²) in [5, 5.41) is 5.27. The molecule has 3 rings (SSSR count). The first-order chi connectivity index (χ1) is 13.3. The summed E-state index contributed by atoms with van der Waals surface area (Å²) in [6.45, 7) is 7.63. The second kappa shape index (κ2) is 8.73. The molecule has 152 valence electrons. The van der Waals surface area contributed by atoms with Gasteiger partial charge in [0.25, 0.3) is 0 Å². The number of hydrogen-bond acceptors (Lipinski definition) is 5. The van der Waals surface area contributed by atoms with E-state index in [-0.39, 0.29) is 18.5 Å². The number of hydrogen-bond donors (Lipinski definition) is 1. The summed E-state index contributed by atoms with van der Waals surface area (Å²) in [6.07, 6.45) is 0. The SMILES string of the molecule is Cc1ccc(S(=O)(=O)N2CCN(C(=O)CNC(C)c3cccs3)CC2)cc1C. The molecule has 28 heavy (non-hydrogen) atoms. The lowest BCUT2D eigenvalue weighted by atomic mass is 10.1. The summed E-state index contributed by atoms with van der Waals surface area (Å²) >= 11 is 1.66. The highest BCUT2D eigenvalue weighted by molar-refractivity contribution is 7.89. The molecule has 1 fully saturated rings. The highest BCUT2D eigenvalue weighted by Gasteiger charge is 2.30. The number of nitrogens with zero attached hydrogens (tertiary/aromatic N) is 2. The third kappa shape index (κ3) is 4.63. The standard InChI is InChI=1S/C20H27N3O3S2/c1-15-6-7-18(13-16(15)2)28(25,26)23-10-8-22(9-11-23)20(24)14-21-17(3)19-5-4-12-27-19/h4-7,12-13,17,21H,8-11,14H2,1-3H3.